The van der Waals surface area contributed by atoms with E-state index in [1.807, 2.05) is 0 Å². The van der Waals surface area contributed by atoms with E-state index in [0.29, 0.717) is 12.4 Å². The number of methoxy groups -OCH3 is 1. The zero-order valence-corrected chi connectivity index (χ0v) is 9.33. The van der Waals surface area contributed by atoms with Crippen molar-refractivity contribution in [2.24, 2.45) is 0 Å². The lowest BCUT2D eigenvalue weighted by Crippen LogP contribution is -2.00. The minimum atomic E-state index is 0.207. The Bertz CT molecular complexity index is 343. The number of ether oxygens (including phenoxy) is 3. The minimum absolute atomic E-state index is 0.207. The highest BCUT2D eigenvalue weighted by molar-refractivity contribution is 9.10. The predicted molar refractivity (Wildman–Crippen MR) is 53.6 cm³/mol. The summed E-state index contributed by atoms with van der Waals surface area (Å²) in [7, 11) is 1.57. The Morgan fingerprint density at radius 1 is 1.64 bits per heavy atom. The number of pyridine rings is 1. The molecule has 5 heteroatoms. The van der Waals surface area contributed by atoms with Gasteiger partial charge in [-0.15, -0.1) is 0 Å². The number of rotatable bonds is 3. The summed E-state index contributed by atoms with van der Waals surface area (Å²) in [5, 5.41) is 0. The maximum absolute atomic E-state index is 5.42. The van der Waals surface area contributed by atoms with Crippen LogP contribution in [0.1, 0.15) is 5.69 Å². The van der Waals surface area contributed by atoms with Gasteiger partial charge in [0.2, 0.25) is 0 Å². The second-order valence-electron chi connectivity index (χ2n) is 2.86. The fraction of sp³-hybridized carbons (Fsp3) is 0.444. The van der Waals surface area contributed by atoms with Crippen molar-refractivity contribution >= 4 is 15.9 Å². The second kappa shape index (κ2) is 4.14. The van der Waals surface area contributed by atoms with Gasteiger partial charge in [0.25, 0.3) is 0 Å². The Labute approximate surface area is 90.3 Å². The van der Waals surface area contributed by atoms with Crippen molar-refractivity contribution in [2.75, 3.05) is 20.5 Å². The lowest BCUT2D eigenvalue weighted by molar-refractivity contribution is 0.0501. The summed E-state index contributed by atoms with van der Waals surface area (Å²) in [6, 6.07) is 0. The van der Waals surface area contributed by atoms with Crippen molar-refractivity contribution in [3.05, 3.63) is 16.4 Å². The first kappa shape index (κ1) is 9.73. The van der Waals surface area contributed by atoms with Crippen LogP contribution in [0.25, 0.3) is 0 Å². The number of fused-ring (bicyclic) bond motifs is 1. The SMILES string of the molecule is COCOc1cnc2c(c1Br)OCC2. The van der Waals surface area contributed by atoms with E-state index in [-0.39, 0.29) is 6.79 Å². The zero-order chi connectivity index (χ0) is 9.97. The van der Waals surface area contributed by atoms with Crippen LogP contribution in [0.4, 0.5) is 0 Å². The molecule has 0 bridgehead atoms. The Balaban J connectivity index is 2.26. The standard InChI is InChI=1S/C9H10BrNO3/c1-12-5-14-7-4-11-6-2-3-13-9(6)8(7)10/h4H,2-3,5H2,1H3. The van der Waals surface area contributed by atoms with E-state index >= 15 is 0 Å². The number of hydrogen-bond donors (Lipinski definition) is 0. The van der Waals surface area contributed by atoms with Crippen LogP contribution in [0.3, 0.4) is 0 Å². The fourth-order valence-electron chi connectivity index (χ4n) is 1.29. The molecule has 2 rings (SSSR count). The normalized spacial score (nSPS) is 13.6. The molecule has 1 aromatic heterocycles. The fourth-order valence-corrected chi connectivity index (χ4v) is 1.85. The molecule has 1 aromatic rings. The van der Waals surface area contributed by atoms with Crippen LogP contribution in [0.15, 0.2) is 10.7 Å². The molecular formula is C9H10BrNO3. The van der Waals surface area contributed by atoms with Gasteiger partial charge in [0, 0.05) is 13.5 Å². The summed E-state index contributed by atoms with van der Waals surface area (Å²) in [5.74, 6) is 1.44. The lowest BCUT2D eigenvalue weighted by atomic mass is 10.3. The van der Waals surface area contributed by atoms with Crippen LogP contribution in [-0.2, 0) is 11.2 Å². The molecule has 0 amide bonds. The van der Waals surface area contributed by atoms with Gasteiger partial charge in [0.1, 0.15) is 4.47 Å². The Hall–Kier alpha value is -0.810. The van der Waals surface area contributed by atoms with E-state index in [0.717, 1.165) is 22.3 Å². The molecule has 76 valence electrons. The van der Waals surface area contributed by atoms with Crippen molar-refractivity contribution in [3.8, 4) is 11.5 Å². The molecule has 0 N–H and O–H groups in total. The van der Waals surface area contributed by atoms with E-state index in [2.05, 4.69) is 20.9 Å². The van der Waals surface area contributed by atoms with Gasteiger partial charge < -0.3 is 14.2 Å². The van der Waals surface area contributed by atoms with Crippen molar-refractivity contribution in [2.45, 2.75) is 6.42 Å². The average molecular weight is 260 g/mol. The third kappa shape index (κ3) is 1.69. The molecular weight excluding hydrogens is 250 g/mol. The molecule has 14 heavy (non-hydrogen) atoms. The molecule has 0 saturated heterocycles. The quantitative estimate of drug-likeness (QED) is 0.776. The van der Waals surface area contributed by atoms with E-state index < -0.39 is 0 Å². The Morgan fingerprint density at radius 2 is 2.50 bits per heavy atom. The third-order valence-corrected chi connectivity index (χ3v) is 2.68. The molecule has 0 unspecified atom stereocenters. The molecule has 0 spiro atoms. The number of hydrogen-bond acceptors (Lipinski definition) is 4. The highest BCUT2D eigenvalue weighted by Gasteiger charge is 2.19. The van der Waals surface area contributed by atoms with Crippen LogP contribution < -0.4 is 9.47 Å². The van der Waals surface area contributed by atoms with Gasteiger partial charge in [-0.25, -0.2) is 0 Å². The first-order valence-corrected chi connectivity index (χ1v) is 5.04. The van der Waals surface area contributed by atoms with Crippen LogP contribution >= 0.6 is 15.9 Å². The molecule has 2 heterocycles. The number of halogens is 1. The van der Waals surface area contributed by atoms with Gasteiger partial charge in [-0.1, -0.05) is 0 Å². The van der Waals surface area contributed by atoms with Crippen molar-refractivity contribution < 1.29 is 14.2 Å². The maximum Gasteiger partial charge on any atom is 0.188 e. The third-order valence-electron chi connectivity index (χ3n) is 1.93. The predicted octanol–water partition coefficient (Wildman–Crippen LogP) is 1.76. The molecule has 4 nitrogen and oxygen atoms in total. The van der Waals surface area contributed by atoms with Gasteiger partial charge >= 0.3 is 0 Å². The molecule has 0 radical (unpaired) electrons. The summed E-state index contributed by atoms with van der Waals surface area (Å²) < 4.78 is 16.3. The average Bonchev–Trinajstić information content (AvgIpc) is 2.66. The Kier molecular flexibility index (Phi) is 2.88. The van der Waals surface area contributed by atoms with Gasteiger partial charge in [0.15, 0.2) is 18.3 Å². The minimum Gasteiger partial charge on any atom is -0.490 e. The van der Waals surface area contributed by atoms with Crippen LogP contribution in [0.2, 0.25) is 0 Å². The van der Waals surface area contributed by atoms with Gasteiger partial charge in [0.05, 0.1) is 18.5 Å². The number of nitrogens with zero attached hydrogens (tertiary/aromatic N) is 1. The summed E-state index contributed by atoms with van der Waals surface area (Å²) in [5.41, 5.74) is 0.974. The Morgan fingerprint density at radius 3 is 3.29 bits per heavy atom. The van der Waals surface area contributed by atoms with Crippen molar-refractivity contribution in [3.63, 3.8) is 0 Å². The van der Waals surface area contributed by atoms with Crippen molar-refractivity contribution in [1.29, 1.82) is 0 Å². The highest BCUT2D eigenvalue weighted by Crippen LogP contribution is 2.38. The van der Waals surface area contributed by atoms with Gasteiger partial charge in [-0.3, -0.25) is 4.98 Å². The second-order valence-corrected chi connectivity index (χ2v) is 3.65. The molecule has 0 fully saturated rings. The topological polar surface area (TPSA) is 40.6 Å². The smallest absolute Gasteiger partial charge is 0.188 e. The zero-order valence-electron chi connectivity index (χ0n) is 7.75. The van der Waals surface area contributed by atoms with E-state index in [1.54, 1.807) is 13.3 Å². The summed E-state index contributed by atoms with van der Waals surface area (Å²) >= 11 is 3.42. The number of aromatic nitrogens is 1. The van der Waals surface area contributed by atoms with E-state index in [4.69, 9.17) is 14.2 Å². The molecule has 1 aliphatic heterocycles. The molecule has 0 saturated carbocycles. The maximum atomic E-state index is 5.42. The van der Waals surface area contributed by atoms with Crippen LogP contribution in [0, 0.1) is 0 Å². The van der Waals surface area contributed by atoms with Gasteiger partial charge in [-0.05, 0) is 15.9 Å². The molecule has 0 atom stereocenters. The molecule has 0 aliphatic carbocycles. The van der Waals surface area contributed by atoms with E-state index in [1.165, 1.54) is 0 Å². The first-order valence-electron chi connectivity index (χ1n) is 4.25. The first-order chi connectivity index (χ1) is 6.83. The summed E-state index contributed by atoms with van der Waals surface area (Å²) in [4.78, 5) is 4.24. The summed E-state index contributed by atoms with van der Waals surface area (Å²) in [6.45, 7) is 0.897. The lowest BCUT2D eigenvalue weighted by Gasteiger charge is -2.08. The van der Waals surface area contributed by atoms with Gasteiger partial charge in [-0.2, -0.15) is 0 Å². The monoisotopic (exact) mass is 259 g/mol. The summed E-state index contributed by atoms with van der Waals surface area (Å²) in [6.07, 6.45) is 2.54. The molecule has 1 aliphatic rings. The van der Waals surface area contributed by atoms with Crippen molar-refractivity contribution in [1.82, 2.24) is 4.98 Å². The van der Waals surface area contributed by atoms with Crippen LogP contribution in [0.5, 0.6) is 11.5 Å². The highest BCUT2D eigenvalue weighted by atomic mass is 79.9. The molecule has 0 aromatic carbocycles. The van der Waals surface area contributed by atoms with E-state index in [9.17, 15) is 0 Å². The van der Waals surface area contributed by atoms with Crippen LogP contribution in [-0.4, -0.2) is 25.5 Å². The largest absolute Gasteiger partial charge is 0.490 e.